The lowest BCUT2D eigenvalue weighted by Gasteiger charge is -2.29. The standard InChI is InChI=1S/C14H18N2O3/c1-10(14(18)19)13(17)11-3-2-4-12(9-11)16-7-5-15-6-8-16/h2-4,9-10,15H,5-8H2,1H3,(H,18,19). The number of hydrogen-bond donors (Lipinski definition) is 2. The number of rotatable bonds is 4. The van der Waals surface area contributed by atoms with E-state index in [0.29, 0.717) is 5.56 Å². The zero-order chi connectivity index (χ0) is 13.8. The molecule has 1 heterocycles. The van der Waals surface area contributed by atoms with E-state index in [0.717, 1.165) is 31.9 Å². The molecular formula is C14H18N2O3. The maximum atomic E-state index is 12.0. The number of carbonyl (C=O) groups excluding carboxylic acids is 1. The van der Waals surface area contributed by atoms with Gasteiger partial charge in [-0.15, -0.1) is 0 Å². The number of carboxylic acid groups (broad SMARTS) is 1. The van der Waals surface area contributed by atoms with E-state index >= 15 is 0 Å². The Balaban J connectivity index is 2.19. The summed E-state index contributed by atoms with van der Waals surface area (Å²) in [6, 6.07) is 7.22. The van der Waals surface area contributed by atoms with Crippen molar-refractivity contribution in [2.24, 2.45) is 5.92 Å². The van der Waals surface area contributed by atoms with Crippen LogP contribution < -0.4 is 10.2 Å². The number of hydrogen-bond acceptors (Lipinski definition) is 4. The van der Waals surface area contributed by atoms with Gasteiger partial charge >= 0.3 is 5.97 Å². The van der Waals surface area contributed by atoms with Gasteiger partial charge in [-0.1, -0.05) is 12.1 Å². The predicted molar refractivity (Wildman–Crippen MR) is 72.7 cm³/mol. The molecule has 1 fully saturated rings. The molecular weight excluding hydrogens is 244 g/mol. The van der Waals surface area contributed by atoms with Crippen LogP contribution in [0.4, 0.5) is 5.69 Å². The molecule has 0 aliphatic carbocycles. The van der Waals surface area contributed by atoms with Gasteiger partial charge < -0.3 is 15.3 Å². The van der Waals surface area contributed by atoms with E-state index in [9.17, 15) is 9.59 Å². The summed E-state index contributed by atoms with van der Waals surface area (Å²) in [5.74, 6) is -2.43. The molecule has 19 heavy (non-hydrogen) atoms. The van der Waals surface area contributed by atoms with Crippen molar-refractivity contribution in [3.8, 4) is 0 Å². The average molecular weight is 262 g/mol. The van der Waals surface area contributed by atoms with Gasteiger partial charge in [0.1, 0.15) is 5.92 Å². The molecule has 0 bridgehead atoms. The average Bonchev–Trinajstić information content (AvgIpc) is 2.46. The maximum Gasteiger partial charge on any atom is 0.314 e. The summed E-state index contributed by atoms with van der Waals surface area (Å²) < 4.78 is 0. The zero-order valence-electron chi connectivity index (χ0n) is 10.9. The number of anilines is 1. The molecule has 1 aliphatic heterocycles. The Morgan fingerprint density at radius 2 is 2.00 bits per heavy atom. The van der Waals surface area contributed by atoms with Crippen LogP contribution in [0.15, 0.2) is 24.3 Å². The Labute approximate surface area is 112 Å². The zero-order valence-corrected chi connectivity index (χ0v) is 10.9. The van der Waals surface area contributed by atoms with Gasteiger partial charge in [-0.05, 0) is 19.1 Å². The Hall–Kier alpha value is -1.88. The highest BCUT2D eigenvalue weighted by molar-refractivity contribution is 6.08. The van der Waals surface area contributed by atoms with Crippen LogP contribution in [-0.4, -0.2) is 43.0 Å². The third-order valence-corrected chi connectivity index (χ3v) is 3.38. The van der Waals surface area contributed by atoms with Crippen LogP contribution in [0, 0.1) is 5.92 Å². The van der Waals surface area contributed by atoms with Crippen molar-refractivity contribution in [2.45, 2.75) is 6.92 Å². The monoisotopic (exact) mass is 262 g/mol. The smallest absolute Gasteiger partial charge is 0.314 e. The van der Waals surface area contributed by atoms with Crippen LogP contribution in [0.25, 0.3) is 0 Å². The van der Waals surface area contributed by atoms with E-state index in [1.54, 1.807) is 18.2 Å². The van der Waals surface area contributed by atoms with Gasteiger partial charge in [0, 0.05) is 37.4 Å². The number of ketones is 1. The molecule has 2 N–H and O–H groups in total. The molecule has 1 unspecified atom stereocenters. The van der Waals surface area contributed by atoms with Crippen molar-refractivity contribution in [1.82, 2.24) is 5.32 Å². The second-order valence-corrected chi connectivity index (χ2v) is 4.71. The van der Waals surface area contributed by atoms with E-state index < -0.39 is 11.9 Å². The first kappa shape index (κ1) is 13.5. The van der Waals surface area contributed by atoms with Crippen molar-refractivity contribution >= 4 is 17.4 Å². The molecule has 5 nitrogen and oxygen atoms in total. The second kappa shape index (κ2) is 5.84. The van der Waals surface area contributed by atoms with E-state index in [4.69, 9.17) is 5.11 Å². The number of carbonyl (C=O) groups is 2. The summed E-state index contributed by atoms with van der Waals surface area (Å²) >= 11 is 0. The summed E-state index contributed by atoms with van der Waals surface area (Å²) in [6.45, 7) is 5.05. The number of benzene rings is 1. The van der Waals surface area contributed by atoms with Crippen LogP contribution in [-0.2, 0) is 4.79 Å². The molecule has 0 saturated carbocycles. The molecule has 0 radical (unpaired) electrons. The molecule has 5 heteroatoms. The molecule has 102 valence electrons. The Bertz CT molecular complexity index is 481. The molecule has 0 spiro atoms. The topological polar surface area (TPSA) is 69.6 Å². The Morgan fingerprint density at radius 1 is 1.32 bits per heavy atom. The number of nitrogens with zero attached hydrogens (tertiary/aromatic N) is 1. The van der Waals surface area contributed by atoms with Gasteiger partial charge in [0.25, 0.3) is 0 Å². The minimum Gasteiger partial charge on any atom is -0.481 e. The second-order valence-electron chi connectivity index (χ2n) is 4.71. The minimum absolute atomic E-state index is 0.343. The molecule has 1 aliphatic rings. The van der Waals surface area contributed by atoms with Crippen molar-refractivity contribution < 1.29 is 14.7 Å². The fourth-order valence-corrected chi connectivity index (χ4v) is 2.14. The highest BCUT2D eigenvalue weighted by atomic mass is 16.4. The van der Waals surface area contributed by atoms with Crippen molar-refractivity contribution in [3.05, 3.63) is 29.8 Å². The molecule has 0 amide bonds. The number of piperazine rings is 1. The third-order valence-electron chi connectivity index (χ3n) is 3.38. The van der Waals surface area contributed by atoms with Crippen molar-refractivity contribution in [2.75, 3.05) is 31.1 Å². The van der Waals surface area contributed by atoms with Gasteiger partial charge in [-0.25, -0.2) is 0 Å². The van der Waals surface area contributed by atoms with Crippen LogP contribution >= 0.6 is 0 Å². The summed E-state index contributed by atoms with van der Waals surface area (Å²) in [5, 5.41) is 12.2. The number of aliphatic carboxylic acids is 1. The lowest BCUT2D eigenvalue weighted by molar-refractivity contribution is -0.139. The largest absolute Gasteiger partial charge is 0.481 e. The molecule has 1 saturated heterocycles. The maximum absolute atomic E-state index is 12.0. The quantitative estimate of drug-likeness (QED) is 0.626. The van der Waals surface area contributed by atoms with Crippen LogP contribution in [0.2, 0.25) is 0 Å². The Morgan fingerprint density at radius 3 is 2.63 bits per heavy atom. The van der Waals surface area contributed by atoms with Crippen LogP contribution in [0.3, 0.4) is 0 Å². The van der Waals surface area contributed by atoms with E-state index in [-0.39, 0.29) is 5.78 Å². The molecule has 1 atom stereocenters. The highest BCUT2D eigenvalue weighted by Crippen LogP contribution is 2.19. The first-order valence-corrected chi connectivity index (χ1v) is 6.42. The van der Waals surface area contributed by atoms with Crippen LogP contribution in [0.5, 0.6) is 0 Å². The number of nitrogens with one attached hydrogen (secondary N) is 1. The van der Waals surface area contributed by atoms with Gasteiger partial charge in [0.15, 0.2) is 5.78 Å². The lowest BCUT2D eigenvalue weighted by Crippen LogP contribution is -2.43. The number of Topliss-reactive ketones (excluding diaryl/α,β-unsaturated/α-hetero) is 1. The van der Waals surface area contributed by atoms with E-state index in [2.05, 4.69) is 10.2 Å². The third kappa shape index (κ3) is 3.12. The molecule has 0 aromatic heterocycles. The predicted octanol–water partition coefficient (Wildman–Crippen LogP) is 1.000. The molecule has 1 aromatic rings. The van der Waals surface area contributed by atoms with Gasteiger partial charge in [0.2, 0.25) is 0 Å². The number of carboxylic acids is 1. The fraction of sp³-hybridized carbons (Fsp3) is 0.429. The molecule has 2 rings (SSSR count). The van der Waals surface area contributed by atoms with E-state index in [1.807, 2.05) is 6.07 Å². The first-order chi connectivity index (χ1) is 9.09. The summed E-state index contributed by atoms with van der Waals surface area (Å²) in [6.07, 6.45) is 0. The normalized spacial score (nSPS) is 17.0. The summed E-state index contributed by atoms with van der Waals surface area (Å²) in [5.41, 5.74) is 1.44. The highest BCUT2D eigenvalue weighted by Gasteiger charge is 2.22. The SMILES string of the molecule is CC(C(=O)O)C(=O)c1cccc(N2CCNCC2)c1. The lowest BCUT2D eigenvalue weighted by atomic mass is 9.99. The Kier molecular flexibility index (Phi) is 4.16. The fourth-order valence-electron chi connectivity index (χ4n) is 2.14. The molecule has 1 aromatic carbocycles. The van der Waals surface area contributed by atoms with E-state index in [1.165, 1.54) is 6.92 Å². The minimum atomic E-state index is -1.09. The summed E-state index contributed by atoms with van der Waals surface area (Å²) in [4.78, 5) is 25.1. The van der Waals surface area contributed by atoms with Crippen LogP contribution in [0.1, 0.15) is 17.3 Å². The first-order valence-electron chi connectivity index (χ1n) is 6.42. The van der Waals surface area contributed by atoms with Gasteiger partial charge in [-0.2, -0.15) is 0 Å². The van der Waals surface area contributed by atoms with Gasteiger partial charge in [0.05, 0.1) is 0 Å². The van der Waals surface area contributed by atoms with Gasteiger partial charge in [-0.3, -0.25) is 9.59 Å². The van der Waals surface area contributed by atoms with Crippen molar-refractivity contribution in [1.29, 1.82) is 0 Å². The van der Waals surface area contributed by atoms with Crippen molar-refractivity contribution in [3.63, 3.8) is 0 Å². The summed E-state index contributed by atoms with van der Waals surface area (Å²) in [7, 11) is 0.